The second kappa shape index (κ2) is 7.29. The van der Waals surface area contributed by atoms with E-state index in [-0.39, 0.29) is 0 Å². The predicted octanol–water partition coefficient (Wildman–Crippen LogP) is 5.64. The Hall–Kier alpha value is -0.0400. The van der Waals surface area contributed by atoms with Gasteiger partial charge in [0.05, 0.1) is 0 Å². The first kappa shape index (κ1) is 18.0. The van der Waals surface area contributed by atoms with Crippen molar-refractivity contribution in [3.8, 4) is 0 Å². The average Bonchev–Trinajstić information content (AvgIpc) is 2.36. The number of hydrogen-bond donors (Lipinski definition) is 1. The van der Waals surface area contributed by atoms with Gasteiger partial charge in [0.2, 0.25) is 0 Å². The van der Waals surface area contributed by atoms with E-state index < -0.39 is 0 Å². The molecule has 0 heterocycles. The quantitative estimate of drug-likeness (QED) is 0.664. The topological polar surface area (TPSA) is 12.0 Å². The molecule has 0 aromatic heterocycles. The van der Waals surface area contributed by atoms with Gasteiger partial charge in [-0.15, -0.1) is 0 Å². The van der Waals surface area contributed by atoms with Crippen LogP contribution in [0.25, 0.3) is 0 Å². The Kier molecular flexibility index (Phi) is 6.57. The van der Waals surface area contributed by atoms with E-state index in [9.17, 15) is 0 Å². The third kappa shape index (κ3) is 4.76. The molecule has 0 radical (unpaired) electrons. The van der Waals surface area contributed by atoms with Crippen molar-refractivity contribution in [2.45, 2.75) is 93.0 Å². The van der Waals surface area contributed by atoms with Crippen LogP contribution < -0.4 is 5.32 Å². The van der Waals surface area contributed by atoms with Gasteiger partial charge in [-0.25, -0.2) is 0 Å². The number of rotatable bonds is 6. The summed E-state index contributed by atoms with van der Waals surface area (Å²) in [6.45, 7) is 17.9. The van der Waals surface area contributed by atoms with Gasteiger partial charge >= 0.3 is 0 Å². The zero-order chi connectivity index (χ0) is 15.4. The normalized spacial score (nSPS) is 29.7. The van der Waals surface area contributed by atoms with Crippen molar-refractivity contribution in [1.82, 2.24) is 5.32 Å². The zero-order valence-electron chi connectivity index (χ0n) is 15.2. The third-order valence-corrected chi connectivity index (χ3v) is 5.84. The first-order chi connectivity index (χ1) is 9.21. The SMILES string of the molecule is CCCC(C)C1(CNC(C)C)CCC(C(C)(C)C)CC1. The lowest BCUT2D eigenvalue weighted by Crippen LogP contribution is -2.45. The third-order valence-electron chi connectivity index (χ3n) is 5.84. The minimum absolute atomic E-state index is 0.492. The molecule has 0 bridgehead atoms. The molecule has 0 spiro atoms. The van der Waals surface area contributed by atoms with E-state index in [4.69, 9.17) is 0 Å². The molecule has 0 aromatic carbocycles. The van der Waals surface area contributed by atoms with Crippen molar-refractivity contribution in [1.29, 1.82) is 0 Å². The second-order valence-corrected chi connectivity index (χ2v) is 8.73. The van der Waals surface area contributed by atoms with Crippen LogP contribution in [0.3, 0.4) is 0 Å². The van der Waals surface area contributed by atoms with Gasteiger partial charge in [0.25, 0.3) is 0 Å². The van der Waals surface area contributed by atoms with Crippen molar-refractivity contribution in [3.63, 3.8) is 0 Å². The van der Waals surface area contributed by atoms with E-state index in [1.165, 1.54) is 45.1 Å². The van der Waals surface area contributed by atoms with Gasteiger partial charge in [0, 0.05) is 12.6 Å². The molecule has 1 unspecified atom stereocenters. The Bertz CT molecular complexity index is 266. The molecule has 1 fully saturated rings. The monoisotopic (exact) mass is 281 g/mol. The average molecular weight is 282 g/mol. The Balaban J connectivity index is 2.71. The summed E-state index contributed by atoms with van der Waals surface area (Å²) in [4.78, 5) is 0. The van der Waals surface area contributed by atoms with Crippen LogP contribution in [0, 0.1) is 22.7 Å². The van der Waals surface area contributed by atoms with E-state index in [0.717, 1.165) is 11.8 Å². The first-order valence-corrected chi connectivity index (χ1v) is 8.94. The fourth-order valence-electron chi connectivity index (χ4n) is 4.05. The lowest BCUT2D eigenvalue weighted by Gasteiger charge is -2.48. The molecule has 20 heavy (non-hydrogen) atoms. The Labute approximate surface area is 128 Å². The molecule has 1 N–H and O–H groups in total. The highest BCUT2D eigenvalue weighted by molar-refractivity contribution is 4.93. The summed E-state index contributed by atoms with van der Waals surface area (Å²) >= 11 is 0. The van der Waals surface area contributed by atoms with Crippen LogP contribution in [0.2, 0.25) is 0 Å². The van der Waals surface area contributed by atoms with E-state index in [0.29, 0.717) is 16.9 Å². The highest BCUT2D eigenvalue weighted by Crippen LogP contribution is 2.49. The van der Waals surface area contributed by atoms with E-state index >= 15 is 0 Å². The predicted molar refractivity (Wildman–Crippen MR) is 91.1 cm³/mol. The van der Waals surface area contributed by atoms with Crippen molar-refractivity contribution in [3.05, 3.63) is 0 Å². The molecule has 1 nitrogen and oxygen atoms in total. The Morgan fingerprint density at radius 2 is 1.65 bits per heavy atom. The molecular weight excluding hydrogens is 242 g/mol. The van der Waals surface area contributed by atoms with Gasteiger partial charge in [-0.1, -0.05) is 61.3 Å². The number of nitrogens with one attached hydrogen (secondary N) is 1. The molecule has 0 aromatic rings. The first-order valence-electron chi connectivity index (χ1n) is 8.94. The van der Waals surface area contributed by atoms with Crippen LogP contribution in [-0.2, 0) is 0 Å². The largest absolute Gasteiger partial charge is 0.314 e. The van der Waals surface area contributed by atoms with Gasteiger partial charge in [-0.05, 0) is 48.3 Å². The minimum Gasteiger partial charge on any atom is -0.314 e. The molecule has 1 atom stereocenters. The summed E-state index contributed by atoms with van der Waals surface area (Å²) in [6, 6.07) is 0.612. The van der Waals surface area contributed by atoms with Crippen molar-refractivity contribution < 1.29 is 0 Å². The van der Waals surface area contributed by atoms with Crippen LogP contribution in [0.15, 0.2) is 0 Å². The highest BCUT2D eigenvalue weighted by atomic mass is 14.9. The summed E-state index contributed by atoms with van der Waals surface area (Å²) in [5.41, 5.74) is 1.05. The maximum Gasteiger partial charge on any atom is 0.00127 e. The molecule has 0 aliphatic heterocycles. The van der Waals surface area contributed by atoms with Gasteiger partial charge in [0.1, 0.15) is 0 Å². The van der Waals surface area contributed by atoms with Crippen LogP contribution in [0.5, 0.6) is 0 Å². The summed E-state index contributed by atoms with van der Waals surface area (Å²) in [5.74, 6) is 1.78. The van der Waals surface area contributed by atoms with E-state index in [1.807, 2.05) is 0 Å². The molecule has 0 amide bonds. The molecule has 1 rings (SSSR count). The molecule has 1 aliphatic rings. The van der Waals surface area contributed by atoms with Gasteiger partial charge in [-0.3, -0.25) is 0 Å². The van der Waals surface area contributed by atoms with Crippen LogP contribution in [-0.4, -0.2) is 12.6 Å². The standard InChI is InChI=1S/C19H39N/c1-8-9-16(4)19(14-20-15(2)3)12-10-17(11-13-19)18(5,6)7/h15-17,20H,8-14H2,1-7H3. The smallest absolute Gasteiger partial charge is 0.00127 e. The maximum absolute atomic E-state index is 3.75. The molecule has 120 valence electrons. The Morgan fingerprint density at radius 3 is 2.05 bits per heavy atom. The van der Waals surface area contributed by atoms with Crippen molar-refractivity contribution >= 4 is 0 Å². The van der Waals surface area contributed by atoms with Gasteiger partial charge in [-0.2, -0.15) is 0 Å². The van der Waals surface area contributed by atoms with Crippen molar-refractivity contribution in [2.75, 3.05) is 6.54 Å². The zero-order valence-corrected chi connectivity index (χ0v) is 15.2. The summed E-state index contributed by atoms with van der Waals surface area (Å²) < 4.78 is 0. The van der Waals surface area contributed by atoms with E-state index in [1.54, 1.807) is 0 Å². The highest BCUT2D eigenvalue weighted by Gasteiger charge is 2.41. The van der Waals surface area contributed by atoms with Crippen molar-refractivity contribution in [2.24, 2.45) is 22.7 Å². The molecule has 1 saturated carbocycles. The molecule has 0 saturated heterocycles. The number of hydrogen-bond acceptors (Lipinski definition) is 1. The fourth-order valence-corrected chi connectivity index (χ4v) is 4.05. The van der Waals surface area contributed by atoms with Gasteiger partial charge < -0.3 is 5.32 Å². The van der Waals surface area contributed by atoms with Crippen LogP contribution in [0.1, 0.15) is 87.0 Å². The van der Waals surface area contributed by atoms with Gasteiger partial charge in [0.15, 0.2) is 0 Å². The fraction of sp³-hybridized carbons (Fsp3) is 1.00. The van der Waals surface area contributed by atoms with Crippen LogP contribution in [0.4, 0.5) is 0 Å². The van der Waals surface area contributed by atoms with E-state index in [2.05, 4.69) is 53.8 Å². The minimum atomic E-state index is 0.492. The van der Waals surface area contributed by atoms with Crippen LogP contribution >= 0.6 is 0 Å². The Morgan fingerprint density at radius 1 is 1.10 bits per heavy atom. The lowest BCUT2D eigenvalue weighted by molar-refractivity contribution is 0.0399. The summed E-state index contributed by atoms with van der Waals surface area (Å²) in [6.07, 6.45) is 8.42. The molecular formula is C19H39N. The second-order valence-electron chi connectivity index (χ2n) is 8.73. The lowest BCUT2D eigenvalue weighted by atomic mass is 9.59. The maximum atomic E-state index is 3.75. The summed E-state index contributed by atoms with van der Waals surface area (Å²) in [7, 11) is 0. The molecule has 1 heteroatoms. The molecule has 1 aliphatic carbocycles. The summed E-state index contributed by atoms with van der Waals surface area (Å²) in [5, 5.41) is 3.75.